The molecule has 0 amide bonds. The lowest BCUT2D eigenvalue weighted by Gasteiger charge is -2.32. The maximum absolute atomic E-state index is 11.1. The number of aryl methyl sites for hydroxylation is 1. The summed E-state index contributed by atoms with van der Waals surface area (Å²) in [5, 5.41) is 20.0. The highest BCUT2D eigenvalue weighted by molar-refractivity contribution is 5.74. The van der Waals surface area contributed by atoms with Gasteiger partial charge in [-0.3, -0.25) is 10.1 Å². The van der Waals surface area contributed by atoms with Crippen molar-refractivity contribution in [3.63, 3.8) is 0 Å². The third kappa shape index (κ3) is 2.82. The molecule has 7 heteroatoms. The summed E-state index contributed by atoms with van der Waals surface area (Å²) in [6.45, 7) is 2.56. The van der Waals surface area contributed by atoms with Gasteiger partial charge in [0.05, 0.1) is 18.1 Å². The van der Waals surface area contributed by atoms with Crippen LogP contribution in [0.4, 0.5) is 11.4 Å². The second-order valence-electron chi connectivity index (χ2n) is 4.39. The Morgan fingerprint density at radius 2 is 2.32 bits per heavy atom. The molecule has 0 aliphatic carbocycles. The van der Waals surface area contributed by atoms with E-state index in [4.69, 9.17) is 9.84 Å². The number of carboxylic acid groups (broad SMARTS) is 1. The number of anilines is 1. The van der Waals surface area contributed by atoms with Gasteiger partial charge in [0.15, 0.2) is 6.10 Å². The molecule has 1 aliphatic heterocycles. The van der Waals surface area contributed by atoms with E-state index >= 15 is 0 Å². The number of rotatable bonds is 3. The van der Waals surface area contributed by atoms with Gasteiger partial charge in [0, 0.05) is 12.6 Å². The summed E-state index contributed by atoms with van der Waals surface area (Å²) < 4.78 is 5.10. The fourth-order valence-corrected chi connectivity index (χ4v) is 2.06. The molecule has 0 aromatic heterocycles. The summed E-state index contributed by atoms with van der Waals surface area (Å²) in [5.74, 6) is -1.06. The van der Waals surface area contributed by atoms with Crippen molar-refractivity contribution in [3.05, 3.63) is 33.9 Å². The highest BCUT2D eigenvalue weighted by Gasteiger charge is 2.29. The maximum Gasteiger partial charge on any atom is 0.334 e. The van der Waals surface area contributed by atoms with E-state index in [0.717, 1.165) is 5.56 Å². The Balaban J connectivity index is 2.30. The number of morpholine rings is 1. The maximum atomic E-state index is 11.1. The molecule has 0 saturated carbocycles. The Morgan fingerprint density at radius 3 is 2.95 bits per heavy atom. The van der Waals surface area contributed by atoms with Crippen LogP contribution in [-0.4, -0.2) is 41.8 Å². The van der Waals surface area contributed by atoms with Gasteiger partial charge in [0.2, 0.25) is 0 Å². The van der Waals surface area contributed by atoms with E-state index in [1.54, 1.807) is 24.0 Å². The highest BCUT2D eigenvalue weighted by atomic mass is 16.6. The first kappa shape index (κ1) is 13.3. The molecule has 1 atom stereocenters. The van der Waals surface area contributed by atoms with Crippen molar-refractivity contribution in [2.45, 2.75) is 13.0 Å². The van der Waals surface area contributed by atoms with Gasteiger partial charge in [-0.05, 0) is 18.6 Å². The van der Waals surface area contributed by atoms with Gasteiger partial charge >= 0.3 is 5.97 Å². The van der Waals surface area contributed by atoms with Crippen molar-refractivity contribution < 1.29 is 19.6 Å². The number of hydrogen-bond donors (Lipinski definition) is 1. The summed E-state index contributed by atoms with van der Waals surface area (Å²) in [6, 6.07) is 4.91. The van der Waals surface area contributed by atoms with Crippen LogP contribution in [0, 0.1) is 17.0 Å². The molecule has 1 heterocycles. The lowest BCUT2D eigenvalue weighted by molar-refractivity contribution is -0.384. The molecule has 1 unspecified atom stereocenters. The second-order valence-corrected chi connectivity index (χ2v) is 4.39. The van der Waals surface area contributed by atoms with Gasteiger partial charge in [-0.25, -0.2) is 4.79 Å². The summed E-state index contributed by atoms with van der Waals surface area (Å²) in [4.78, 5) is 23.2. The summed E-state index contributed by atoms with van der Waals surface area (Å²) in [5.41, 5.74) is 1.22. The van der Waals surface area contributed by atoms with Crippen molar-refractivity contribution in [1.29, 1.82) is 0 Å². The monoisotopic (exact) mass is 266 g/mol. The Labute approximate surface area is 109 Å². The van der Waals surface area contributed by atoms with Crippen LogP contribution in [0.5, 0.6) is 0 Å². The topological polar surface area (TPSA) is 92.9 Å². The SMILES string of the molecule is Cc1ccc(N2CCOC(C(=O)O)C2)c([N+](=O)[O-])c1. The minimum atomic E-state index is -1.06. The molecule has 7 nitrogen and oxygen atoms in total. The molecule has 0 bridgehead atoms. The van der Waals surface area contributed by atoms with Crippen molar-refractivity contribution in [1.82, 2.24) is 0 Å². The van der Waals surface area contributed by atoms with Gasteiger partial charge in [-0.15, -0.1) is 0 Å². The Hall–Kier alpha value is -2.15. The number of carboxylic acids is 1. The first-order valence-corrected chi connectivity index (χ1v) is 5.83. The molecule has 1 N–H and O–H groups in total. The first-order chi connectivity index (χ1) is 8.99. The molecule has 19 heavy (non-hydrogen) atoms. The molecule has 0 spiro atoms. The average molecular weight is 266 g/mol. The van der Waals surface area contributed by atoms with Crippen molar-refractivity contribution in [3.8, 4) is 0 Å². The Bertz CT molecular complexity index is 517. The number of nitro benzene ring substituents is 1. The summed E-state index contributed by atoms with van der Waals surface area (Å²) in [7, 11) is 0. The van der Waals surface area contributed by atoms with Crippen LogP contribution in [0.1, 0.15) is 5.56 Å². The number of nitro groups is 1. The molecule has 1 aromatic carbocycles. The van der Waals surface area contributed by atoms with E-state index < -0.39 is 17.0 Å². The summed E-state index contributed by atoms with van der Waals surface area (Å²) in [6.07, 6.45) is -0.949. The normalized spacial score (nSPS) is 19.2. The number of benzene rings is 1. The Kier molecular flexibility index (Phi) is 3.66. The predicted octanol–water partition coefficient (Wildman–Crippen LogP) is 1.19. The van der Waals surface area contributed by atoms with Gasteiger partial charge in [0.1, 0.15) is 5.69 Å². The van der Waals surface area contributed by atoms with Gasteiger partial charge in [-0.1, -0.05) is 6.07 Å². The number of ether oxygens (including phenoxy) is 1. The Morgan fingerprint density at radius 1 is 1.58 bits per heavy atom. The lowest BCUT2D eigenvalue weighted by Crippen LogP contribution is -2.46. The highest BCUT2D eigenvalue weighted by Crippen LogP contribution is 2.30. The van der Waals surface area contributed by atoms with E-state index in [2.05, 4.69) is 0 Å². The van der Waals surface area contributed by atoms with E-state index in [1.165, 1.54) is 6.07 Å². The molecule has 1 aromatic rings. The molecule has 1 aliphatic rings. The van der Waals surface area contributed by atoms with Crippen LogP contribution >= 0.6 is 0 Å². The largest absolute Gasteiger partial charge is 0.479 e. The van der Waals surface area contributed by atoms with E-state index in [-0.39, 0.29) is 18.8 Å². The van der Waals surface area contributed by atoms with Crippen LogP contribution < -0.4 is 4.90 Å². The molecule has 0 radical (unpaired) electrons. The summed E-state index contributed by atoms with van der Waals surface area (Å²) >= 11 is 0. The predicted molar refractivity (Wildman–Crippen MR) is 67.4 cm³/mol. The van der Waals surface area contributed by atoms with E-state index in [9.17, 15) is 14.9 Å². The third-order valence-electron chi connectivity index (χ3n) is 3.01. The first-order valence-electron chi connectivity index (χ1n) is 5.83. The molecule has 2 rings (SSSR count). The minimum absolute atomic E-state index is 0.00830. The zero-order valence-corrected chi connectivity index (χ0v) is 10.4. The quantitative estimate of drug-likeness (QED) is 0.652. The second kappa shape index (κ2) is 5.23. The van der Waals surface area contributed by atoms with Gasteiger partial charge in [-0.2, -0.15) is 0 Å². The van der Waals surface area contributed by atoms with Crippen LogP contribution in [0.3, 0.4) is 0 Å². The van der Waals surface area contributed by atoms with Crippen LogP contribution in [0.15, 0.2) is 18.2 Å². The molecular formula is C12H14N2O5. The number of aliphatic carboxylic acids is 1. The van der Waals surface area contributed by atoms with Crippen molar-refractivity contribution in [2.75, 3.05) is 24.6 Å². The van der Waals surface area contributed by atoms with Crippen molar-refractivity contribution >= 4 is 17.3 Å². The zero-order valence-electron chi connectivity index (χ0n) is 10.4. The molecule has 102 valence electrons. The minimum Gasteiger partial charge on any atom is -0.479 e. The fourth-order valence-electron chi connectivity index (χ4n) is 2.06. The average Bonchev–Trinajstić information content (AvgIpc) is 2.38. The van der Waals surface area contributed by atoms with E-state index in [0.29, 0.717) is 12.2 Å². The third-order valence-corrected chi connectivity index (χ3v) is 3.01. The smallest absolute Gasteiger partial charge is 0.334 e. The molecular weight excluding hydrogens is 252 g/mol. The van der Waals surface area contributed by atoms with E-state index in [1.807, 2.05) is 0 Å². The van der Waals surface area contributed by atoms with Crippen LogP contribution in [0.25, 0.3) is 0 Å². The molecule has 1 fully saturated rings. The number of hydrogen-bond acceptors (Lipinski definition) is 5. The van der Waals surface area contributed by atoms with Gasteiger partial charge < -0.3 is 14.7 Å². The van der Waals surface area contributed by atoms with Crippen molar-refractivity contribution in [2.24, 2.45) is 0 Å². The lowest BCUT2D eigenvalue weighted by atomic mass is 10.1. The molecule has 1 saturated heterocycles. The number of nitrogens with zero attached hydrogens (tertiary/aromatic N) is 2. The fraction of sp³-hybridized carbons (Fsp3) is 0.417. The van der Waals surface area contributed by atoms with Crippen LogP contribution in [0.2, 0.25) is 0 Å². The van der Waals surface area contributed by atoms with Gasteiger partial charge in [0.25, 0.3) is 5.69 Å². The zero-order chi connectivity index (χ0) is 14.0. The number of carbonyl (C=O) groups is 1. The standard InChI is InChI=1S/C12H14N2O5/c1-8-2-3-9(10(6-8)14(17)18)13-4-5-19-11(7-13)12(15)16/h2-3,6,11H,4-5,7H2,1H3,(H,15,16). The van der Waals surface area contributed by atoms with Crippen LogP contribution in [-0.2, 0) is 9.53 Å².